The third kappa shape index (κ3) is 3.52. The molecule has 0 saturated heterocycles. The van der Waals surface area contributed by atoms with Gasteiger partial charge in [0, 0.05) is 52.4 Å². The van der Waals surface area contributed by atoms with Gasteiger partial charge < -0.3 is 0 Å². The molecule has 0 radical (unpaired) electrons. The van der Waals surface area contributed by atoms with Gasteiger partial charge in [0.1, 0.15) is 0 Å². The Bertz CT molecular complexity index is 666. The third-order valence-corrected chi connectivity index (χ3v) is 3.52. The molecular weight excluding hydrogens is 399 g/mol. The molecule has 98 valence electrons. The summed E-state index contributed by atoms with van der Waals surface area (Å²) in [7, 11) is 0. The molecule has 0 aliphatic carbocycles. The van der Waals surface area contributed by atoms with E-state index in [0.29, 0.717) is 5.92 Å². The Labute approximate surface area is 159 Å². The molecule has 0 saturated carbocycles. The zero-order valence-electron chi connectivity index (χ0n) is 11.9. The Morgan fingerprint density at radius 2 is 1.55 bits per heavy atom. The van der Waals surface area contributed by atoms with Crippen LogP contribution in [-0.2, 0) is 52.4 Å². The summed E-state index contributed by atoms with van der Waals surface area (Å²) in [5.41, 5.74) is 4.05. The summed E-state index contributed by atoms with van der Waals surface area (Å²) >= 11 is 0. The fraction of sp³-hybridized carbons (Fsp3) is 0.167. The van der Waals surface area contributed by atoms with Crippen LogP contribution in [0.25, 0.3) is 21.9 Å². The second kappa shape index (κ2) is 7.72. The van der Waals surface area contributed by atoms with Crippen LogP contribution in [0.2, 0.25) is 0 Å². The van der Waals surface area contributed by atoms with Gasteiger partial charge in [0.05, 0.1) is 0 Å². The molecule has 0 N–H and O–H groups in total. The maximum Gasteiger partial charge on any atom is 0 e. The van der Waals surface area contributed by atoms with Crippen molar-refractivity contribution in [1.29, 1.82) is 0 Å². The van der Waals surface area contributed by atoms with Crippen molar-refractivity contribution in [2.24, 2.45) is 0 Å². The summed E-state index contributed by atoms with van der Waals surface area (Å²) in [5, 5.41) is 2.72. The van der Waals surface area contributed by atoms with Crippen molar-refractivity contribution in [3.05, 3.63) is 66.2 Å². The topological polar surface area (TPSA) is 0 Å². The second-order valence-electron chi connectivity index (χ2n) is 5.12. The number of hydrogen-bond acceptors (Lipinski definition) is 0. The van der Waals surface area contributed by atoms with Crippen LogP contribution in [0, 0.1) is 0 Å². The first-order valence-corrected chi connectivity index (χ1v) is 6.50. The van der Waals surface area contributed by atoms with E-state index in [1.807, 2.05) is 0 Å². The van der Waals surface area contributed by atoms with Crippen molar-refractivity contribution < 1.29 is 52.4 Å². The molecule has 0 aromatic heterocycles. The number of hydrogen-bond donors (Lipinski definition) is 0. The van der Waals surface area contributed by atoms with E-state index in [2.05, 4.69) is 74.5 Å². The fourth-order valence-corrected chi connectivity index (χ4v) is 2.46. The quantitative estimate of drug-likeness (QED) is 0.495. The maximum atomic E-state index is 2.34. The van der Waals surface area contributed by atoms with Crippen LogP contribution in [0.1, 0.15) is 25.3 Å². The molecule has 0 spiro atoms. The molecule has 20 heavy (non-hydrogen) atoms. The molecule has 0 aliphatic heterocycles. The second-order valence-corrected chi connectivity index (χ2v) is 5.12. The predicted octanol–water partition coefficient (Wildman–Crippen LogP) is 5.34. The summed E-state index contributed by atoms with van der Waals surface area (Å²) < 4.78 is 0. The molecular formula is C18H17Zr2-. The van der Waals surface area contributed by atoms with Crippen LogP contribution >= 0.6 is 0 Å². The van der Waals surface area contributed by atoms with Crippen LogP contribution < -0.4 is 0 Å². The Morgan fingerprint density at radius 3 is 2.20 bits per heavy atom. The van der Waals surface area contributed by atoms with E-state index < -0.39 is 0 Å². The van der Waals surface area contributed by atoms with Crippen molar-refractivity contribution in [2.75, 3.05) is 0 Å². The maximum absolute atomic E-state index is 2.34. The zero-order valence-corrected chi connectivity index (χ0v) is 16.8. The average Bonchev–Trinajstić information content (AvgIpc) is 2.83. The van der Waals surface area contributed by atoms with E-state index in [0.717, 1.165) is 0 Å². The van der Waals surface area contributed by atoms with Gasteiger partial charge in [0.25, 0.3) is 0 Å². The van der Waals surface area contributed by atoms with Crippen molar-refractivity contribution in [3.8, 4) is 11.1 Å². The van der Waals surface area contributed by atoms with Gasteiger partial charge in [0.15, 0.2) is 0 Å². The first-order chi connectivity index (χ1) is 8.75. The molecule has 0 heterocycles. The van der Waals surface area contributed by atoms with Gasteiger partial charge in [-0.3, -0.25) is 0 Å². The standard InChI is InChI=1S/C18H17.2Zr/c1-13(2)16-11-15-9-6-10-17(18(15)12-16)14-7-4-3-5-8-14;;/h3-13H,1-2H3;;/q-1;;. The molecule has 3 rings (SSSR count). The molecule has 2 heteroatoms. The molecule has 0 nitrogen and oxygen atoms in total. The number of benzene rings is 2. The Kier molecular flexibility index (Phi) is 6.90. The van der Waals surface area contributed by atoms with Crippen molar-refractivity contribution >= 4 is 10.8 Å². The molecule has 0 bridgehead atoms. The predicted molar refractivity (Wildman–Crippen MR) is 79.1 cm³/mol. The van der Waals surface area contributed by atoms with Gasteiger partial charge >= 0.3 is 0 Å². The molecule has 3 aromatic rings. The average molecular weight is 416 g/mol. The molecule has 0 unspecified atom stereocenters. The van der Waals surface area contributed by atoms with Crippen molar-refractivity contribution in [1.82, 2.24) is 0 Å². The zero-order chi connectivity index (χ0) is 12.5. The van der Waals surface area contributed by atoms with Crippen LogP contribution in [0.15, 0.2) is 60.7 Å². The van der Waals surface area contributed by atoms with Gasteiger partial charge in [-0.1, -0.05) is 55.8 Å². The molecule has 0 fully saturated rings. The van der Waals surface area contributed by atoms with E-state index in [9.17, 15) is 0 Å². The SMILES string of the molecule is CC(C)c1cc2c(-c3ccccc3)cccc2[cH-]1.[Zr].[Zr]. The van der Waals surface area contributed by atoms with E-state index in [1.54, 1.807) is 0 Å². The fourth-order valence-electron chi connectivity index (χ4n) is 2.46. The van der Waals surface area contributed by atoms with Crippen molar-refractivity contribution in [3.63, 3.8) is 0 Å². The van der Waals surface area contributed by atoms with Crippen molar-refractivity contribution in [2.45, 2.75) is 19.8 Å². The Morgan fingerprint density at radius 1 is 0.850 bits per heavy atom. The van der Waals surface area contributed by atoms with Gasteiger partial charge in [0.2, 0.25) is 0 Å². The van der Waals surface area contributed by atoms with Crippen LogP contribution in [0.4, 0.5) is 0 Å². The summed E-state index contributed by atoms with van der Waals surface area (Å²) in [6, 6.07) is 21.8. The van der Waals surface area contributed by atoms with Crippen LogP contribution in [0.3, 0.4) is 0 Å². The smallest absolute Gasteiger partial charge is 0 e. The first kappa shape index (κ1) is 17.9. The first-order valence-electron chi connectivity index (χ1n) is 6.50. The largest absolute Gasteiger partial charge is 0.164 e. The van der Waals surface area contributed by atoms with E-state index in [4.69, 9.17) is 0 Å². The molecule has 0 aliphatic rings. The summed E-state index contributed by atoms with van der Waals surface area (Å²) in [5.74, 6) is 0.584. The normalized spacial score (nSPS) is 10.2. The Balaban J connectivity index is 0.000001000. The molecule has 0 atom stereocenters. The number of rotatable bonds is 2. The van der Waals surface area contributed by atoms with Crippen LogP contribution in [0.5, 0.6) is 0 Å². The van der Waals surface area contributed by atoms with E-state index in [1.165, 1.54) is 27.5 Å². The minimum Gasteiger partial charge on any atom is -0.164 e. The third-order valence-electron chi connectivity index (χ3n) is 3.52. The van der Waals surface area contributed by atoms with Gasteiger partial charge in [-0.2, -0.15) is 6.07 Å². The van der Waals surface area contributed by atoms with Gasteiger partial charge in [-0.15, -0.1) is 34.5 Å². The van der Waals surface area contributed by atoms with E-state index in [-0.39, 0.29) is 52.4 Å². The van der Waals surface area contributed by atoms with Crippen LogP contribution in [-0.4, -0.2) is 0 Å². The van der Waals surface area contributed by atoms with E-state index >= 15 is 0 Å². The molecule has 0 amide bonds. The van der Waals surface area contributed by atoms with Gasteiger partial charge in [-0.25, -0.2) is 0 Å². The molecule has 3 aromatic carbocycles. The minimum atomic E-state index is 0. The monoisotopic (exact) mass is 413 g/mol. The van der Waals surface area contributed by atoms with Gasteiger partial charge in [-0.05, 0) is 11.5 Å². The number of fused-ring (bicyclic) bond motifs is 1. The summed E-state index contributed by atoms with van der Waals surface area (Å²) in [4.78, 5) is 0. The summed E-state index contributed by atoms with van der Waals surface area (Å²) in [6.45, 7) is 4.49. The minimum absolute atomic E-state index is 0. The Hall–Kier alpha value is -0.184. The summed E-state index contributed by atoms with van der Waals surface area (Å²) in [6.07, 6.45) is 0.